The predicted molar refractivity (Wildman–Crippen MR) is 76.6 cm³/mol. The largest absolute Gasteiger partial charge is 0.378 e. The summed E-state index contributed by atoms with van der Waals surface area (Å²) in [5.41, 5.74) is 1.09. The molecule has 0 radical (unpaired) electrons. The number of amides is 1. The molecule has 0 bridgehead atoms. The van der Waals surface area contributed by atoms with Crippen LogP contribution in [0.3, 0.4) is 0 Å². The van der Waals surface area contributed by atoms with Gasteiger partial charge < -0.3 is 10.2 Å². The van der Waals surface area contributed by atoms with Crippen LogP contribution in [0.25, 0.3) is 0 Å². The second-order valence-corrected chi connectivity index (χ2v) is 6.60. The van der Waals surface area contributed by atoms with Crippen LogP contribution in [0.4, 0.5) is 11.4 Å². The topological polar surface area (TPSA) is 32.3 Å². The number of anilines is 2. The average Bonchev–Trinajstić information content (AvgIpc) is 2.80. The minimum Gasteiger partial charge on any atom is -0.378 e. The van der Waals surface area contributed by atoms with Gasteiger partial charge in [0.05, 0.1) is 5.41 Å². The summed E-state index contributed by atoms with van der Waals surface area (Å²) in [7, 11) is 3.90. The smallest absolute Gasteiger partial charge is 0.233 e. The number of hydrogen-bond acceptors (Lipinski definition) is 2. The first-order valence-electron chi connectivity index (χ1n) is 5.73. The number of alkyl halides is 2. The number of nitrogens with one attached hydrogen (secondary N) is 1. The quantitative estimate of drug-likeness (QED) is 0.865. The Labute approximate surface area is 117 Å². The average molecular weight is 287 g/mol. The molecule has 1 N–H and O–H groups in total. The van der Waals surface area contributed by atoms with Gasteiger partial charge in [-0.25, -0.2) is 0 Å². The molecule has 1 aliphatic carbocycles. The van der Waals surface area contributed by atoms with E-state index >= 15 is 0 Å². The van der Waals surface area contributed by atoms with E-state index in [1.807, 2.05) is 43.3 Å². The zero-order chi connectivity index (χ0) is 13.6. The minimum absolute atomic E-state index is 0.136. The molecule has 0 spiro atoms. The third kappa shape index (κ3) is 2.29. The van der Waals surface area contributed by atoms with Crippen LogP contribution >= 0.6 is 23.2 Å². The van der Waals surface area contributed by atoms with Gasteiger partial charge in [-0.3, -0.25) is 4.79 Å². The molecule has 5 heteroatoms. The maximum absolute atomic E-state index is 12.1. The van der Waals surface area contributed by atoms with Crippen molar-refractivity contribution in [1.82, 2.24) is 0 Å². The number of rotatable bonds is 3. The van der Waals surface area contributed by atoms with E-state index in [2.05, 4.69) is 5.32 Å². The standard InChI is InChI=1S/C13H16Cl2N2O/c1-12(8-13(12,14)15)11(18)16-9-5-4-6-10(7-9)17(2)3/h4-7H,8H2,1-3H3,(H,16,18)/t12-/m0/s1. The van der Waals surface area contributed by atoms with E-state index in [0.29, 0.717) is 6.42 Å². The van der Waals surface area contributed by atoms with Crippen LogP contribution in [0.2, 0.25) is 0 Å². The van der Waals surface area contributed by atoms with Crippen molar-refractivity contribution in [2.75, 3.05) is 24.3 Å². The van der Waals surface area contributed by atoms with Gasteiger partial charge in [0, 0.05) is 25.5 Å². The zero-order valence-corrected chi connectivity index (χ0v) is 12.1. The molecule has 1 aromatic rings. The Balaban J connectivity index is 2.11. The van der Waals surface area contributed by atoms with E-state index in [9.17, 15) is 4.79 Å². The van der Waals surface area contributed by atoms with E-state index < -0.39 is 9.75 Å². The zero-order valence-electron chi connectivity index (χ0n) is 10.6. The van der Waals surface area contributed by atoms with E-state index in [0.717, 1.165) is 11.4 Å². The maximum atomic E-state index is 12.1. The number of benzene rings is 1. The maximum Gasteiger partial charge on any atom is 0.233 e. The predicted octanol–water partition coefficient (Wildman–Crippen LogP) is 3.28. The van der Waals surface area contributed by atoms with Crippen molar-refractivity contribution in [1.29, 1.82) is 0 Å². The van der Waals surface area contributed by atoms with Crippen molar-refractivity contribution in [3.05, 3.63) is 24.3 Å². The second kappa shape index (κ2) is 4.32. The summed E-state index contributed by atoms with van der Waals surface area (Å²) in [6.07, 6.45) is 0.488. The van der Waals surface area contributed by atoms with Crippen LogP contribution in [0.1, 0.15) is 13.3 Å². The summed E-state index contributed by atoms with van der Waals surface area (Å²) in [6.45, 7) is 1.78. The fourth-order valence-electron chi connectivity index (χ4n) is 1.78. The van der Waals surface area contributed by atoms with Crippen LogP contribution in [-0.2, 0) is 4.79 Å². The molecule has 2 rings (SSSR count). The Kier molecular flexibility index (Phi) is 3.24. The highest BCUT2D eigenvalue weighted by Crippen LogP contribution is 2.64. The van der Waals surface area contributed by atoms with E-state index in [1.165, 1.54) is 0 Å². The highest BCUT2D eigenvalue weighted by atomic mass is 35.5. The van der Waals surface area contributed by atoms with Gasteiger partial charge in [0.2, 0.25) is 5.91 Å². The van der Waals surface area contributed by atoms with Crippen molar-refractivity contribution in [2.45, 2.75) is 17.7 Å². The molecule has 0 heterocycles. The molecule has 1 fully saturated rings. The van der Waals surface area contributed by atoms with Crippen molar-refractivity contribution in [3.63, 3.8) is 0 Å². The van der Waals surface area contributed by atoms with Crippen molar-refractivity contribution in [2.24, 2.45) is 5.41 Å². The van der Waals surface area contributed by atoms with Crippen LogP contribution in [0.5, 0.6) is 0 Å². The lowest BCUT2D eigenvalue weighted by atomic mass is 10.1. The van der Waals surface area contributed by atoms with Gasteiger partial charge in [-0.1, -0.05) is 6.07 Å². The molecule has 1 aliphatic rings. The first-order chi connectivity index (χ1) is 8.26. The molecule has 1 amide bonds. The third-order valence-electron chi connectivity index (χ3n) is 3.38. The number of halogens is 2. The summed E-state index contributed by atoms with van der Waals surface area (Å²) >= 11 is 12.0. The van der Waals surface area contributed by atoms with Gasteiger partial charge in [-0.15, -0.1) is 23.2 Å². The Morgan fingerprint density at radius 1 is 1.39 bits per heavy atom. The van der Waals surface area contributed by atoms with Crippen LogP contribution in [0, 0.1) is 5.41 Å². The molecular weight excluding hydrogens is 271 g/mol. The summed E-state index contributed by atoms with van der Waals surface area (Å²) in [6, 6.07) is 7.63. The van der Waals surface area contributed by atoms with Crippen molar-refractivity contribution in [3.8, 4) is 0 Å². The van der Waals surface area contributed by atoms with Crippen LogP contribution < -0.4 is 10.2 Å². The van der Waals surface area contributed by atoms with Gasteiger partial charge >= 0.3 is 0 Å². The fraction of sp³-hybridized carbons (Fsp3) is 0.462. The summed E-state index contributed by atoms with van der Waals surface area (Å²) in [5.74, 6) is -0.136. The van der Waals surface area contributed by atoms with Gasteiger partial charge in [-0.05, 0) is 31.5 Å². The molecule has 0 aliphatic heterocycles. The van der Waals surface area contributed by atoms with Crippen molar-refractivity contribution < 1.29 is 4.79 Å². The van der Waals surface area contributed by atoms with Crippen LogP contribution in [0.15, 0.2) is 24.3 Å². The summed E-state index contributed by atoms with van der Waals surface area (Å²) in [5, 5.41) is 2.86. The van der Waals surface area contributed by atoms with E-state index in [1.54, 1.807) is 6.92 Å². The number of carbonyl (C=O) groups is 1. The normalized spacial score (nSPS) is 24.5. The number of nitrogens with zero attached hydrogens (tertiary/aromatic N) is 1. The Bertz CT molecular complexity index is 488. The van der Waals surface area contributed by atoms with Crippen molar-refractivity contribution >= 4 is 40.5 Å². The Hall–Kier alpha value is -0.930. The fourth-order valence-corrected chi connectivity index (χ4v) is 2.48. The van der Waals surface area contributed by atoms with E-state index in [-0.39, 0.29) is 5.91 Å². The Morgan fingerprint density at radius 2 is 2.00 bits per heavy atom. The van der Waals surface area contributed by atoms with Crippen LogP contribution in [-0.4, -0.2) is 24.3 Å². The lowest BCUT2D eigenvalue weighted by molar-refractivity contribution is -0.120. The monoisotopic (exact) mass is 286 g/mol. The molecule has 0 saturated heterocycles. The molecule has 18 heavy (non-hydrogen) atoms. The third-order valence-corrected chi connectivity index (χ3v) is 4.48. The first kappa shape index (κ1) is 13.5. The highest BCUT2D eigenvalue weighted by molar-refractivity contribution is 6.53. The molecule has 0 aromatic heterocycles. The van der Waals surface area contributed by atoms with Gasteiger partial charge in [-0.2, -0.15) is 0 Å². The first-order valence-corrected chi connectivity index (χ1v) is 6.48. The molecule has 0 unspecified atom stereocenters. The summed E-state index contributed by atoms with van der Waals surface area (Å²) < 4.78 is -0.934. The summed E-state index contributed by atoms with van der Waals surface area (Å²) in [4.78, 5) is 14.1. The lowest BCUT2D eigenvalue weighted by Gasteiger charge is -2.16. The SMILES string of the molecule is CN(C)c1cccc(NC(=O)[C@]2(C)CC2(Cl)Cl)c1. The molecule has 1 saturated carbocycles. The minimum atomic E-state index is -0.934. The van der Waals surface area contributed by atoms with Gasteiger partial charge in [0.15, 0.2) is 0 Å². The number of carbonyl (C=O) groups excluding carboxylic acids is 1. The van der Waals surface area contributed by atoms with E-state index in [4.69, 9.17) is 23.2 Å². The van der Waals surface area contributed by atoms with Gasteiger partial charge in [0.1, 0.15) is 4.33 Å². The molecular formula is C13H16Cl2N2O. The number of hydrogen-bond donors (Lipinski definition) is 1. The molecule has 3 nitrogen and oxygen atoms in total. The lowest BCUT2D eigenvalue weighted by Crippen LogP contribution is -2.26. The molecule has 98 valence electrons. The molecule has 1 aromatic carbocycles. The van der Waals surface area contributed by atoms with Gasteiger partial charge in [0.25, 0.3) is 0 Å². The molecule has 1 atom stereocenters. The highest BCUT2D eigenvalue weighted by Gasteiger charge is 2.67. The Morgan fingerprint density at radius 3 is 2.50 bits per heavy atom. The second-order valence-electron chi connectivity index (χ2n) is 5.11.